The average Bonchev–Trinajstić information content (AvgIpc) is 2.73. The van der Waals surface area contributed by atoms with E-state index in [1.807, 2.05) is 19.1 Å². The number of imidazole rings is 1. The van der Waals surface area contributed by atoms with Crippen molar-refractivity contribution in [2.45, 2.75) is 11.8 Å². The molecule has 0 radical (unpaired) electrons. The van der Waals surface area contributed by atoms with Gasteiger partial charge in [0.1, 0.15) is 0 Å². The van der Waals surface area contributed by atoms with Gasteiger partial charge in [-0.05, 0) is 55.5 Å². The van der Waals surface area contributed by atoms with Crippen LogP contribution in [0.3, 0.4) is 0 Å². The molecule has 0 bridgehead atoms. The van der Waals surface area contributed by atoms with Crippen molar-refractivity contribution in [3.63, 3.8) is 0 Å². The highest BCUT2D eigenvalue weighted by molar-refractivity contribution is 7.90. The number of fused-ring (bicyclic) bond motifs is 1. The minimum absolute atomic E-state index is 0.279. The Morgan fingerprint density at radius 2 is 1.81 bits per heavy atom. The minimum Gasteiger partial charge on any atom is -0.329 e. The quantitative estimate of drug-likeness (QED) is 0.738. The van der Waals surface area contributed by atoms with Gasteiger partial charge in [-0.3, -0.25) is 4.57 Å². The maximum atomic E-state index is 11.5. The Bertz CT molecular complexity index is 983. The maximum Gasteiger partial charge on any atom is 0.183 e. The van der Waals surface area contributed by atoms with Crippen LogP contribution < -0.4 is 0 Å². The topological polar surface area (TPSA) is 67.8 Å². The van der Waals surface area contributed by atoms with Gasteiger partial charge in [-0.1, -0.05) is 0 Å². The molecular formula is C14H13N3O2S2. The molecule has 7 heteroatoms. The van der Waals surface area contributed by atoms with E-state index in [1.54, 1.807) is 28.8 Å². The lowest BCUT2D eigenvalue weighted by Gasteiger charge is -2.05. The zero-order valence-corrected chi connectivity index (χ0v) is 13.1. The number of rotatable bonds is 2. The summed E-state index contributed by atoms with van der Waals surface area (Å²) in [5.41, 5.74) is 3.24. The van der Waals surface area contributed by atoms with Gasteiger partial charge in [-0.2, -0.15) is 0 Å². The first-order chi connectivity index (χ1) is 9.86. The van der Waals surface area contributed by atoms with Gasteiger partial charge in [0.2, 0.25) is 0 Å². The molecule has 0 fully saturated rings. The molecular weight excluding hydrogens is 306 g/mol. The Hall–Kier alpha value is -1.99. The normalized spacial score (nSPS) is 11.9. The van der Waals surface area contributed by atoms with E-state index in [9.17, 15) is 8.42 Å². The Morgan fingerprint density at radius 3 is 2.43 bits per heavy atom. The van der Waals surface area contributed by atoms with Crippen LogP contribution in [0.5, 0.6) is 0 Å². The van der Waals surface area contributed by atoms with E-state index in [4.69, 9.17) is 12.2 Å². The standard InChI is InChI=1S/C14H13N3O2S2/c1-9-3-8-12-13(15-9)17(14(20)16-12)10-4-6-11(7-5-10)21(2,18)19/h3-8H,1-2H3,(H,16,20). The Balaban J connectivity index is 2.23. The number of aryl methyl sites for hydroxylation is 1. The van der Waals surface area contributed by atoms with Crippen molar-refractivity contribution in [2.75, 3.05) is 6.26 Å². The molecule has 21 heavy (non-hydrogen) atoms. The van der Waals surface area contributed by atoms with Gasteiger partial charge in [0, 0.05) is 17.6 Å². The van der Waals surface area contributed by atoms with Gasteiger partial charge in [0.05, 0.1) is 10.4 Å². The van der Waals surface area contributed by atoms with Gasteiger partial charge < -0.3 is 4.98 Å². The second-order valence-electron chi connectivity index (χ2n) is 4.86. The molecule has 1 aromatic carbocycles. The van der Waals surface area contributed by atoms with Crippen LogP contribution in [0.15, 0.2) is 41.3 Å². The number of sulfone groups is 1. The first kappa shape index (κ1) is 14.0. The largest absolute Gasteiger partial charge is 0.329 e. The van der Waals surface area contributed by atoms with E-state index < -0.39 is 9.84 Å². The van der Waals surface area contributed by atoms with Crippen molar-refractivity contribution in [3.05, 3.63) is 46.9 Å². The molecule has 5 nitrogen and oxygen atoms in total. The lowest BCUT2D eigenvalue weighted by atomic mass is 10.3. The zero-order valence-electron chi connectivity index (χ0n) is 11.5. The van der Waals surface area contributed by atoms with Gasteiger partial charge in [-0.15, -0.1) is 0 Å². The first-order valence-corrected chi connectivity index (χ1v) is 8.55. The number of aromatic amines is 1. The third kappa shape index (κ3) is 2.50. The number of aromatic nitrogens is 3. The Kier molecular flexibility index (Phi) is 3.18. The van der Waals surface area contributed by atoms with Crippen molar-refractivity contribution < 1.29 is 8.42 Å². The van der Waals surface area contributed by atoms with Crippen molar-refractivity contribution in [1.82, 2.24) is 14.5 Å². The summed E-state index contributed by atoms with van der Waals surface area (Å²) in [5.74, 6) is 0. The molecule has 0 aliphatic heterocycles. The molecule has 0 saturated carbocycles. The number of hydrogen-bond acceptors (Lipinski definition) is 4. The van der Waals surface area contributed by atoms with E-state index in [1.165, 1.54) is 6.26 Å². The summed E-state index contributed by atoms with van der Waals surface area (Å²) in [4.78, 5) is 7.86. The molecule has 2 heterocycles. The highest BCUT2D eigenvalue weighted by Crippen LogP contribution is 2.20. The molecule has 108 valence electrons. The molecule has 0 unspecified atom stereocenters. The molecule has 1 N–H and O–H groups in total. The molecule has 0 atom stereocenters. The third-order valence-corrected chi connectivity index (χ3v) is 4.61. The van der Waals surface area contributed by atoms with Crippen molar-refractivity contribution in [3.8, 4) is 5.69 Å². The summed E-state index contributed by atoms with van der Waals surface area (Å²) in [5, 5.41) is 0. The fourth-order valence-electron chi connectivity index (χ4n) is 2.16. The number of nitrogens with zero attached hydrogens (tertiary/aromatic N) is 2. The monoisotopic (exact) mass is 319 g/mol. The molecule has 0 saturated heterocycles. The fourth-order valence-corrected chi connectivity index (χ4v) is 3.09. The van der Waals surface area contributed by atoms with Crippen LogP contribution in [0.4, 0.5) is 0 Å². The lowest BCUT2D eigenvalue weighted by Crippen LogP contribution is -1.99. The molecule has 0 aliphatic carbocycles. The Morgan fingerprint density at radius 1 is 1.14 bits per heavy atom. The predicted octanol–water partition coefficient (Wildman–Crippen LogP) is 2.80. The van der Waals surface area contributed by atoms with Crippen molar-refractivity contribution in [2.24, 2.45) is 0 Å². The molecule has 0 aliphatic rings. The smallest absolute Gasteiger partial charge is 0.183 e. The lowest BCUT2D eigenvalue weighted by molar-refractivity contribution is 0.602. The second-order valence-corrected chi connectivity index (χ2v) is 7.26. The van der Waals surface area contributed by atoms with E-state index in [2.05, 4.69) is 9.97 Å². The summed E-state index contributed by atoms with van der Waals surface area (Å²) in [6.45, 7) is 1.91. The summed E-state index contributed by atoms with van der Waals surface area (Å²) in [7, 11) is -3.21. The van der Waals surface area contributed by atoms with Crippen molar-refractivity contribution >= 4 is 33.2 Å². The first-order valence-electron chi connectivity index (χ1n) is 6.25. The van der Waals surface area contributed by atoms with Crippen LogP contribution >= 0.6 is 12.2 Å². The van der Waals surface area contributed by atoms with Crippen LogP contribution in [0, 0.1) is 11.7 Å². The average molecular weight is 319 g/mol. The van der Waals surface area contributed by atoms with E-state index in [-0.39, 0.29) is 4.90 Å². The zero-order chi connectivity index (χ0) is 15.2. The van der Waals surface area contributed by atoms with Gasteiger partial charge >= 0.3 is 0 Å². The van der Waals surface area contributed by atoms with Gasteiger partial charge in [0.15, 0.2) is 20.3 Å². The number of H-pyrrole nitrogens is 1. The number of benzene rings is 1. The summed E-state index contributed by atoms with van der Waals surface area (Å²) >= 11 is 5.33. The molecule has 3 aromatic rings. The van der Waals surface area contributed by atoms with Crippen LogP contribution in [-0.2, 0) is 9.84 Å². The highest BCUT2D eigenvalue weighted by atomic mass is 32.2. The molecule has 0 amide bonds. The van der Waals surface area contributed by atoms with E-state index in [0.29, 0.717) is 4.77 Å². The van der Waals surface area contributed by atoms with Crippen LogP contribution in [0.1, 0.15) is 5.69 Å². The molecule has 3 rings (SSSR count). The third-order valence-electron chi connectivity index (χ3n) is 3.19. The SMILES string of the molecule is Cc1ccc2[nH]c(=S)n(-c3ccc(S(C)(=O)=O)cc3)c2n1. The molecule has 2 aromatic heterocycles. The van der Waals surface area contributed by atoms with Crippen LogP contribution in [-0.4, -0.2) is 29.2 Å². The van der Waals surface area contributed by atoms with Crippen LogP contribution in [0.2, 0.25) is 0 Å². The number of nitrogens with one attached hydrogen (secondary N) is 1. The van der Waals surface area contributed by atoms with Gasteiger partial charge in [0.25, 0.3) is 0 Å². The Labute approximate surface area is 127 Å². The predicted molar refractivity (Wildman–Crippen MR) is 84.1 cm³/mol. The molecule has 0 spiro atoms. The maximum absolute atomic E-state index is 11.5. The summed E-state index contributed by atoms with van der Waals surface area (Å²) < 4.78 is 25.3. The number of pyridine rings is 1. The summed E-state index contributed by atoms with van der Waals surface area (Å²) in [6.07, 6.45) is 1.18. The van der Waals surface area contributed by atoms with E-state index in [0.717, 1.165) is 22.5 Å². The van der Waals surface area contributed by atoms with Crippen LogP contribution in [0.25, 0.3) is 16.9 Å². The number of hydrogen-bond donors (Lipinski definition) is 1. The van der Waals surface area contributed by atoms with E-state index >= 15 is 0 Å². The van der Waals surface area contributed by atoms with Gasteiger partial charge in [-0.25, -0.2) is 13.4 Å². The summed E-state index contributed by atoms with van der Waals surface area (Å²) in [6, 6.07) is 10.4. The second kappa shape index (κ2) is 4.78. The highest BCUT2D eigenvalue weighted by Gasteiger charge is 2.10. The minimum atomic E-state index is -3.21. The van der Waals surface area contributed by atoms with Crippen molar-refractivity contribution in [1.29, 1.82) is 0 Å². The fraction of sp³-hybridized carbons (Fsp3) is 0.143.